The lowest BCUT2D eigenvalue weighted by atomic mass is 10.0. The van der Waals surface area contributed by atoms with E-state index in [9.17, 15) is 14.9 Å². The largest absolute Gasteiger partial charge is 0.423 e. The highest BCUT2D eigenvalue weighted by atomic mass is 16.6. The van der Waals surface area contributed by atoms with Crippen LogP contribution in [0.25, 0.3) is 17.0 Å². The van der Waals surface area contributed by atoms with Crippen molar-refractivity contribution in [3.63, 3.8) is 0 Å². The van der Waals surface area contributed by atoms with Gasteiger partial charge in [-0.3, -0.25) is 15.0 Å². The number of hydrogen-bond acceptors (Lipinski definition) is 6. The van der Waals surface area contributed by atoms with E-state index in [0.717, 1.165) is 49.1 Å². The maximum absolute atomic E-state index is 11.9. The van der Waals surface area contributed by atoms with Crippen LogP contribution in [0.4, 0.5) is 11.4 Å². The molecule has 1 saturated heterocycles. The van der Waals surface area contributed by atoms with Crippen molar-refractivity contribution in [1.82, 2.24) is 4.90 Å². The molecule has 3 aromatic rings. The van der Waals surface area contributed by atoms with Crippen molar-refractivity contribution in [1.29, 1.82) is 0 Å². The first-order valence-corrected chi connectivity index (χ1v) is 10.4. The van der Waals surface area contributed by atoms with Gasteiger partial charge in [0.15, 0.2) is 0 Å². The highest BCUT2D eigenvalue weighted by Gasteiger charge is 2.19. The molecule has 2 aromatic carbocycles. The molecule has 7 nitrogen and oxygen atoms in total. The predicted molar refractivity (Wildman–Crippen MR) is 122 cm³/mol. The molecule has 0 radical (unpaired) electrons. The molecule has 0 spiro atoms. The van der Waals surface area contributed by atoms with Gasteiger partial charge in [-0.05, 0) is 38.0 Å². The minimum atomic E-state index is -0.355. The van der Waals surface area contributed by atoms with Crippen LogP contribution < -0.4 is 10.9 Å². The van der Waals surface area contributed by atoms with E-state index in [4.69, 9.17) is 4.42 Å². The first kappa shape index (κ1) is 20.8. The molecule has 4 rings (SSSR count). The van der Waals surface area contributed by atoms with E-state index >= 15 is 0 Å². The van der Waals surface area contributed by atoms with Crippen molar-refractivity contribution >= 4 is 28.4 Å². The van der Waals surface area contributed by atoms with E-state index in [1.54, 1.807) is 18.2 Å². The van der Waals surface area contributed by atoms with Crippen LogP contribution in [0.1, 0.15) is 24.0 Å². The average molecular weight is 419 g/mol. The molecule has 31 heavy (non-hydrogen) atoms. The number of hydrogen-bond donors (Lipinski definition) is 1. The van der Waals surface area contributed by atoms with Gasteiger partial charge in [0.2, 0.25) is 0 Å². The molecule has 0 atom stereocenters. The molecule has 1 aliphatic heterocycles. The number of nitro groups is 1. The summed E-state index contributed by atoms with van der Waals surface area (Å²) in [5.41, 5.74) is 2.93. The Morgan fingerprint density at radius 2 is 1.97 bits per heavy atom. The summed E-state index contributed by atoms with van der Waals surface area (Å²) in [6.45, 7) is 4.59. The standard InChI is InChI=1S/C24H25N3O4/c1-17-8-9-23-20(15-17)21(16-24(28)31-23)25-19-10-13-26(14-11-19)12-4-6-18-5-2-3-7-22(18)27(29)30/h2-9,15-16,19,25H,10-14H2,1H3/b6-4+. The summed E-state index contributed by atoms with van der Waals surface area (Å²) in [4.78, 5) is 25.0. The molecule has 2 heterocycles. The molecular formula is C24H25N3O4. The zero-order valence-corrected chi connectivity index (χ0v) is 17.4. The van der Waals surface area contributed by atoms with Gasteiger partial charge in [0.1, 0.15) is 5.58 Å². The van der Waals surface area contributed by atoms with Gasteiger partial charge in [0.25, 0.3) is 5.69 Å². The fourth-order valence-corrected chi connectivity index (χ4v) is 4.00. The molecule has 0 amide bonds. The second kappa shape index (κ2) is 9.14. The average Bonchev–Trinajstić information content (AvgIpc) is 2.75. The molecule has 1 aromatic heterocycles. The summed E-state index contributed by atoms with van der Waals surface area (Å²) in [5.74, 6) is 0. The number of nitrogens with one attached hydrogen (secondary N) is 1. The molecule has 7 heteroatoms. The number of anilines is 1. The zero-order chi connectivity index (χ0) is 21.8. The highest BCUT2D eigenvalue weighted by molar-refractivity contribution is 5.90. The van der Waals surface area contributed by atoms with E-state index in [1.807, 2.05) is 37.3 Å². The number of fused-ring (bicyclic) bond motifs is 1. The van der Waals surface area contributed by atoms with Gasteiger partial charge >= 0.3 is 5.63 Å². The minimum absolute atomic E-state index is 0.122. The van der Waals surface area contributed by atoms with E-state index in [1.165, 1.54) is 12.1 Å². The van der Waals surface area contributed by atoms with E-state index in [-0.39, 0.29) is 22.3 Å². The van der Waals surface area contributed by atoms with Gasteiger partial charge in [-0.15, -0.1) is 0 Å². The first-order chi connectivity index (χ1) is 15.0. The molecular weight excluding hydrogens is 394 g/mol. The third-order valence-electron chi connectivity index (χ3n) is 5.64. The Balaban J connectivity index is 1.36. The summed E-state index contributed by atoms with van der Waals surface area (Å²) in [7, 11) is 0. The third-order valence-corrected chi connectivity index (χ3v) is 5.64. The van der Waals surface area contributed by atoms with Crippen molar-refractivity contribution < 1.29 is 9.34 Å². The lowest BCUT2D eigenvalue weighted by Gasteiger charge is -2.32. The Morgan fingerprint density at radius 3 is 2.74 bits per heavy atom. The van der Waals surface area contributed by atoms with Crippen molar-refractivity contribution in [3.05, 3.63) is 86.3 Å². The Morgan fingerprint density at radius 1 is 1.19 bits per heavy atom. The highest BCUT2D eigenvalue weighted by Crippen LogP contribution is 2.25. The van der Waals surface area contributed by atoms with Gasteiger partial charge < -0.3 is 9.73 Å². The number of benzene rings is 2. The summed E-state index contributed by atoms with van der Waals surface area (Å²) < 4.78 is 5.31. The van der Waals surface area contributed by atoms with Crippen LogP contribution in [-0.2, 0) is 0 Å². The number of nitro benzene ring substituents is 1. The topological polar surface area (TPSA) is 88.6 Å². The SMILES string of the molecule is Cc1ccc2oc(=O)cc(NC3CCN(C/C=C/c4ccccc4[N+](=O)[O-])CC3)c2c1. The Labute approximate surface area is 180 Å². The summed E-state index contributed by atoms with van der Waals surface area (Å²) >= 11 is 0. The van der Waals surface area contributed by atoms with E-state index in [0.29, 0.717) is 11.1 Å². The lowest BCUT2D eigenvalue weighted by molar-refractivity contribution is -0.385. The molecule has 0 aliphatic carbocycles. The predicted octanol–water partition coefficient (Wildman–Crippen LogP) is 4.60. The number of likely N-dealkylation sites (tertiary alicyclic amines) is 1. The van der Waals surface area contributed by atoms with Gasteiger partial charge in [0, 0.05) is 43.2 Å². The Bertz CT molecular complexity index is 1180. The summed E-state index contributed by atoms with van der Waals surface area (Å²) in [6, 6.07) is 14.4. The molecule has 0 unspecified atom stereocenters. The fraction of sp³-hybridized carbons (Fsp3) is 0.292. The number of rotatable bonds is 6. The van der Waals surface area contributed by atoms with Crippen molar-refractivity contribution in [2.75, 3.05) is 25.0 Å². The Hall–Kier alpha value is -3.45. The molecule has 0 bridgehead atoms. The lowest BCUT2D eigenvalue weighted by Crippen LogP contribution is -2.39. The van der Waals surface area contributed by atoms with E-state index < -0.39 is 0 Å². The van der Waals surface area contributed by atoms with Crippen LogP contribution in [0, 0.1) is 17.0 Å². The normalized spacial score (nSPS) is 15.5. The molecule has 1 N–H and O–H groups in total. The molecule has 1 aliphatic rings. The van der Waals surface area contributed by atoms with Crippen molar-refractivity contribution in [2.24, 2.45) is 0 Å². The van der Waals surface area contributed by atoms with Crippen LogP contribution >= 0.6 is 0 Å². The number of aryl methyl sites for hydroxylation is 1. The minimum Gasteiger partial charge on any atom is -0.423 e. The second-order valence-electron chi connectivity index (χ2n) is 7.92. The monoisotopic (exact) mass is 419 g/mol. The van der Waals surface area contributed by atoms with E-state index in [2.05, 4.69) is 10.2 Å². The summed E-state index contributed by atoms with van der Waals surface area (Å²) in [5, 5.41) is 15.6. The summed E-state index contributed by atoms with van der Waals surface area (Å²) in [6.07, 6.45) is 5.70. The quantitative estimate of drug-likeness (QED) is 0.357. The number of nitrogens with zero attached hydrogens (tertiary/aromatic N) is 2. The fourth-order valence-electron chi connectivity index (χ4n) is 4.00. The van der Waals surface area contributed by atoms with Crippen LogP contribution in [0.15, 0.2) is 63.8 Å². The number of para-hydroxylation sites is 1. The molecule has 160 valence electrons. The molecule has 0 saturated carbocycles. The van der Waals surface area contributed by atoms with Crippen LogP contribution in [0.2, 0.25) is 0 Å². The van der Waals surface area contributed by atoms with Crippen molar-refractivity contribution in [3.8, 4) is 0 Å². The molecule has 1 fully saturated rings. The Kier molecular flexibility index (Phi) is 6.13. The van der Waals surface area contributed by atoms with Crippen LogP contribution in [0.5, 0.6) is 0 Å². The zero-order valence-electron chi connectivity index (χ0n) is 17.4. The van der Waals surface area contributed by atoms with Gasteiger partial charge in [-0.1, -0.05) is 35.9 Å². The van der Waals surface area contributed by atoms with Crippen LogP contribution in [-0.4, -0.2) is 35.5 Å². The van der Waals surface area contributed by atoms with Gasteiger partial charge in [-0.25, -0.2) is 4.79 Å². The maximum atomic E-state index is 11.9. The first-order valence-electron chi connectivity index (χ1n) is 10.4. The van der Waals surface area contributed by atoms with Crippen LogP contribution in [0.3, 0.4) is 0 Å². The smallest absolute Gasteiger partial charge is 0.338 e. The van der Waals surface area contributed by atoms with Gasteiger partial charge in [0.05, 0.1) is 16.2 Å². The maximum Gasteiger partial charge on any atom is 0.338 e. The van der Waals surface area contributed by atoms with Gasteiger partial charge in [-0.2, -0.15) is 0 Å². The second-order valence-corrected chi connectivity index (χ2v) is 7.92. The van der Waals surface area contributed by atoms with Crippen molar-refractivity contribution in [2.45, 2.75) is 25.8 Å². The number of piperidine rings is 1. The third kappa shape index (κ3) is 5.00.